The second kappa shape index (κ2) is 7.53. The smallest absolute Gasteiger partial charge is 0.367 e. The second-order valence-electron chi connectivity index (χ2n) is 5.42. The molecule has 5 nitrogen and oxygen atoms in total. The Balaban J connectivity index is 1.87. The largest absolute Gasteiger partial charge is 0.493 e. The van der Waals surface area contributed by atoms with Gasteiger partial charge in [0.15, 0.2) is 11.5 Å². The van der Waals surface area contributed by atoms with Gasteiger partial charge in [0.1, 0.15) is 6.61 Å². The lowest BCUT2D eigenvalue weighted by Crippen LogP contribution is -2.02. The first-order valence-electron chi connectivity index (χ1n) is 7.60. The number of ether oxygens (including phenoxy) is 2. The van der Waals surface area contributed by atoms with Crippen LogP contribution in [0.1, 0.15) is 18.1 Å². The van der Waals surface area contributed by atoms with Gasteiger partial charge >= 0.3 is 5.97 Å². The Labute approximate surface area is 154 Å². The lowest BCUT2D eigenvalue weighted by Gasteiger charge is -2.14. The molecule has 0 spiro atoms. The van der Waals surface area contributed by atoms with Crippen LogP contribution in [0.25, 0.3) is 6.08 Å². The quantitative estimate of drug-likeness (QED) is 0.551. The van der Waals surface area contributed by atoms with Crippen LogP contribution in [0.3, 0.4) is 0 Å². The molecule has 0 amide bonds. The van der Waals surface area contributed by atoms with E-state index in [1.807, 2.05) is 36.4 Å². The first kappa shape index (κ1) is 17.2. The molecule has 128 valence electrons. The summed E-state index contributed by atoms with van der Waals surface area (Å²) >= 11 is 3.51. The lowest BCUT2D eigenvalue weighted by molar-refractivity contribution is -0.136. The van der Waals surface area contributed by atoms with E-state index < -0.39 is 5.97 Å². The molecule has 6 heteroatoms. The average molecular weight is 402 g/mol. The predicted octanol–water partition coefficient (Wildman–Crippen LogP) is 4.35. The van der Waals surface area contributed by atoms with E-state index >= 15 is 0 Å². The summed E-state index contributed by atoms with van der Waals surface area (Å²) in [6.45, 7) is 2.15. The Morgan fingerprint density at radius 3 is 2.64 bits per heavy atom. The van der Waals surface area contributed by atoms with Crippen molar-refractivity contribution in [2.45, 2.75) is 13.5 Å². The molecular weight excluding hydrogens is 386 g/mol. The molecule has 0 aromatic heterocycles. The molecule has 3 rings (SSSR count). The normalized spacial score (nSPS) is 15.1. The zero-order valence-corrected chi connectivity index (χ0v) is 15.4. The molecule has 0 bridgehead atoms. The molecular formula is C19H16BrNO4. The molecule has 2 aromatic rings. The molecule has 0 unspecified atom stereocenters. The van der Waals surface area contributed by atoms with E-state index in [-0.39, 0.29) is 0 Å². The fourth-order valence-electron chi connectivity index (χ4n) is 2.38. The van der Waals surface area contributed by atoms with Crippen LogP contribution in [0, 0.1) is 0 Å². The van der Waals surface area contributed by atoms with Crippen LogP contribution in [0.15, 0.2) is 57.7 Å². The van der Waals surface area contributed by atoms with Gasteiger partial charge in [0.05, 0.1) is 22.9 Å². The van der Waals surface area contributed by atoms with Crippen LogP contribution in [-0.2, 0) is 16.2 Å². The third-order valence-corrected chi connectivity index (χ3v) is 4.25. The topological polar surface area (TPSA) is 57.1 Å². The van der Waals surface area contributed by atoms with E-state index in [4.69, 9.17) is 9.47 Å². The van der Waals surface area contributed by atoms with Crippen LogP contribution in [0.5, 0.6) is 11.5 Å². The van der Waals surface area contributed by atoms with Gasteiger partial charge in [-0.3, -0.25) is 0 Å². The van der Waals surface area contributed by atoms with Crippen molar-refractivity contribution in [1.82, 2.24) is 0 Å². The first-order valence-corrected chi connectivity index (χ1v) is 8.40. The second-order valence-corrected chi connectivity index (χ2v) is 6.28. The Kier molecular flexibility index (Phi) is 5.19. The van der Waals surface area contributed by atoms with Gasteiger partial charge in [-0.15, -0.1) is 0 Å². The number of oxime groups is 1. The Hall–Kier alpha value is -2.60. The lowest BCUT2D eigenvalue weighted by atomic mass is 10.1. The molecule has 2 aromatic carbocycles. The van der Waals surface area contributed by atoms with Crippen molar-refractivity contribution in [3.05, 3.63) is 63.6 Å². The molecule has 1 aliphatic heterocycles. The summed E-state index contributed by atoms with van der Waals surface area (Å²) in [5.74, 6) is 0.711. The van der Waals surface area contributed by atoms with Crippen LogP contribution in [0.2, 0.25) is 0 Å². The summed E-state index contributed by atoms with van der Waals surface area (Å²) in [7, 11) is 1.57. The number of carbonyl (C=O) groups is 1. The monoisotopic (exact) mass is 401 g/mol. The molecule has 0 fully saturated rings. The molecule has 0 atom stereocenters. The van der Waals surface area contributed by atoms with Gasteiger partial charge in [-0.05, 0) is 52.2 Å². The number of nitrogens with zero attached hydrogens (tertiary/aromatic N) is 1. The summed E-state index contributed by atoms with van der Waals surface area (Å²) in [4.78, 5) is 16.3. The minimum absolute atomic E-state index is 0.423. The van der Waals surface area contributed by atoms with E-state index in [1.54, 1.807) is 26.2 Å². The SMILES string of the molecule is COc1cc(C=C2C(=O)ON=C2C)cc(Br)c1OCc1ccccc1. The maximum absolute atomic E-state index is 11.7. The van der Waals surface area contributed by atoms with E-state index in [0.717, 1.165) is 15.6 Å². The maximum Gasteiger partial charge on any atom is 0.367 e. The van der Waals surface area contributed by atoms with E-state index in [0.29, 0.717) is 29.4 Å². The molecule has 1 aliphatic rings. The summed E-state index contributed by atoms with van der Waals surface area (Å²) in [6, 6.07) is 13.5. The number of hydrogen-bond acceptors (Lipinski definition) is 5. The molecule has 0 saturated heterocycles. The van der Waals surface area contributed by atoms with Gasteiger partial charge in [-0.25, -0.2) is 4.79 Å². The summed E-state index contributed by atoms with van der Waals surface area (Å²) in [6.07, 6.45) is 1.71. The Morgan fingerprint density at radius 2 is 2.00 bits per heavy atom. The number of methoxy groups -OCH3 is 1. The van der Waals surface area contributed by atoms with Gasteiger partial charge in [0, 0.05) is 0 Å². The van der Waals surface area contributed by atoms with Gasteiger partial charge in [0.2, 0.25) is 0 Å². The first-order chi connectivity index (χ1) is 12.1. The summed E-state index contributed by atoms with van der Waals surface area (Å²) < 4.78 is 12.1. The van der Waals surface area contributed by atoms with Crippen molar-refractivity contribution in [3.8, 4) is 11.5 Å². The highest BCUT2D eigenvalue weighted by Gasteiger charge is 2.22. The van der Waals surface area contributed by atoms with Crippen molar-refractivity contribution < 1.29 is 19.1 Å². The number of carbonyl (C=O) groups excluding carboxylic acids is 1. The van der Waals surface area contributed by atoms with Crippen molar-refractivity contribution in [3.63, 3.8) is 0 Å². The zero-order chi connectivity index (χ0) is 17.8. The standard InChI is InChI=1S/C19H16BrNO4/c1-12-15(19(22)25-21-12)8-14-9-16(20)18(17(10-14)23-2)24-11-13-6-4-3-5-7-13/h3-10H,11H2,1-2H3. The van der Waals surface area contributed by atoms with Gasteiger partial charge in [-0.1, -0.05) is 35.5 Å². The highest BCUT2D eigenvalue weighted by molar-refractivity contribution is 9.10. The maximum atomic E-state index is 11.7. The minimum Gasteiger partial charge on any atom is -0.493 e. The number of halogens is 1. The highest BCUT2D eigenvalue weighted by Crippen LogP contribution is 2.38. The number of hydrogen-bond donors (Lipinski definition) is 0. The van der Waals surface area contributed by atoms with Crippen LogP contribution < -0.4 is 9.47 Å². The third kappa shape index (κ3) is 3.91. The Bertz CT molecular complexity index is 859. The molecule has 25 heavy (non-hydrogen) atoms. The molecule has 1 heterocycles. The van der Waals surface area contributed by atoms with Crippen LogP contribution in [0.4, 0.5) is 0 Å². The van der Waals surface area contributed by atoms with Crippen molar-refractivity contribution >= 4 is 33.7 Å². The van der Waals surface area contributed by atoms with Gasteiger partial charge < -0.3 is 14.3 Å². The average Bonchev–Trinajstić information content (AvgIpc) is 2.93. The molecule has 0 saturated carbocycles. The molecule has 0 N–H and O–H groups in total. The fourth-order valence-corrected chi connectivity index (χ4v) is 2.95. The zero-order valence-electron chi connectivity index (χ0n) is 13.8. The van der Waals surface area contributed by atoms with E-state index in [1.165, 1.54) is 0 Å². The van der Waals surface area contributed by atoms with E-state index in [9.17, 15) is 4.79 Å². The van der Waals surface area contributed by atoms with Crippen LogP contribution >= 0.6 is 15.9 Å². The van der Waals surface area contributed by atoms with Gasteiger partial charge in [-0.2, -0.15) is 0 Å². The summed E-state index contributed by atoms with van der Waals surface area (Å²) in [5, 5.41) is 3.67. The van der Waals surface area contributed by atoms with Crippen molar-refractivity contribution in [2.24, 2.45) is 5.16 Å². The predicted molar refractivity (Wildman–Crippen MR) is 98.6 cm³/mol. The molecule has 0 radical (unpaired) electrons. The fraction of sp³-hybridized carbons (Fsp3) is 0.158. The van der Waals surface area contributed by atoms with Crippen molar-refractivity contribution in [2.75, 3.05) is 7.11 Å². The molecule has 0 aliphatic carbocycles. The Morgan fingerprint density at radius 1 is 1.24 bits per heavy atom. The van der Waals surface area contributed by atoms with Crippen molar-refractivity contribution in [1.29, 1.82) is 0 Å². The van der Waals surface area contributed by atoms with E-state index in [2.05, 4.69) is 25.9 Å². The highest BCUT2D eigenvalue weighted by atomic mass is 79.9. The van der Waals surface area contributed by atoms with Gasteiger partial charge in [0.25, 0.3) is 0 Å². The van der Waals surface area contributed by atoms with Crippen LogP contribution in [-0.4, -0.2) is 18.8 Å². The summed E-state index contributed by atoms with van der Waals surface area (Å²) in [5.41, 5.74) is 2.80. The minimum atomic E-state index is -0.461. The third-order valence-electron chi connectivity index (χ3n) is 3.66. The number of rotatable bonds is 5. The number of benzene rings is 2.